The minimum absolute atomic E-state index is 0.0246. The number of aromatic hydroxyl groups is 1. The quantitative estimate of drug-likeness (QED) is 0.593. The SMILES string of the molecule is Cn1c(N2CCC3(CC2)Cc2ccccc2[C@H]3N)ncc(C#CCc2ccc(O)nc2)c1=O. The van der Waals surface area contributed by atoms with Crippen LogP contribution in [-0.4, -0.2) is 32.7 Å². The second kappa shape index (κ2) is 8.38. The molecule has 1 atom stereocenters. The summed E-state index contributed by atoms with van der Waals surface area (Å²) in [5.74, 6) is 6.58. The van der Waals surface area contributed by atoms with Crippen LogP contribution in [0.25, 0.3) is 0 Å². The highest BCUT2D eigenvalue weighted by atomic mass is 16.3. The Balaban J connectivity index is 1.29. The Morgan fingerprint density at radius 1 is 1.15 bits per heavy atom. The summed E-state index contributed by atoms with van der Waals surface area (Å²) >= 11 is 0. The van der Waals surface area contributed by atoms with Gasteiger partial charge in [-0.1, -0.05) is 42.2 Å². The van der Waals surface area contributed by atoms with Crippen LogP contribution in [0.3, 0.4) is 0 Å². The zero-order valence-corrected chi connectivity index (χ0v) is 18.7. The molecule has 7 nitrogen and oxygen atoms in total. The van der Waals surface area contributed by atoms with Gasteiger partial charge in [0.1, 0.15) is 5.56 Å². The molecule has 0 bridgehead atoms. The fourth-order valence-corrected chi connectivity index (χ4v) is 5.14. The zero-order valence-electron chi connectivity index (χ0n) is 18.7. The zero-order chi connectivity index (χ0) is 23.0. The number of fused-ring (bicyclic) bond motifs is 1. The van der Waals surface area contributed by atoms with Crippen molar-refractivity contribution in [2.45, 2.75) is 31.7 Å². The van der Waals surface area contributed by atoms with Gasteiger partial charge in [0, 0.05) is 44.9 Å². The van der Waals surface area contributed by atoms with E-state index in [-0.39, 0.29) is 22.9 Å². The van der Waals surface area contributed by atoms with Crippen LogP contribution in [0, 0.1) is 17.3 Å². The first-order valence-corrected chi connectivity index (χ1v) is 11.2. The van der Waals surface area contributed by atoms with E-state index in [1.165, 1.54) is 17.2 Å². The molecule has 7 heteroatoms. The van der Waals surface area contributed by atoms with Crippen molar-refractivity contribution in [3.05, 3.63) is 81.4 Å². The Labute approximate surface area is 192 Å². The standard InChI is InChI=1S/C26H27N5O2/c1-30-24(33)20(7-4-5-18-9-10-22(32)28-16-18)17-29-25(30)31-13-11-26(12-14-31)15-19-6-2-3-8-21(19)23(26)27/h2-3,6,8-10,16-17,23H,5,11-15,27H2,1H3,(H,28,32)/t23-/m1/s1. The number of aromatic nitrogens is 3. The lowest BCUT2D eigenvalue weighted by molar-refractivity contribution is 0.186. The smallest absolute Gasteiger partial charge is 0.270 e. The Kier molecular flexibility index (Phi) is 5.39. The minimum atomic E-state index is -0.151. The van der Waals surface area contributed by atoms with Crippen molar-refractivity contribution in [2.75, 3.05) is 18.0 Å². The number of benzene rings is 1. The van der Waals surface area contributed by atoms with E-state index in [4.69, 9.17) is 5.73 Å². The number of nitrogens with two attached hydrogens (primary N) is 1. The number of rotatable bonds is 2. The van der Waals surface area contributed by atoms with Gasteiger partial charge in [0.15, 0.2) is 0 Å². The van der Waals surface area contributed by atoms with Gasteiger partial charge < -0.3 is 15.7 Å². The van der Waals surface area contributed by atoms with Crippen molar-refractivity contribution in [3.8, 4) is 17.7 Å². The van der Waals surface area contributed by atoms with Gasteiger partial charge in [0.25, 0.3) is 5.56 Å². The van der Waals surface area contributed by atoms with E-state index in [0.717, 1.165) is 37.9 Å². The number of anilines is 1. The first-order valence-electron chi connectivity index (χ1n) is 11.2. The molecule has 3 N–H and O–H groups in total. The molecule has 1 fully saturated rings. The van der Waals surface area contributed by atoms with Crippen LogP contribution in [0.5, 0.6) is 5.88 Å². The molecule has 168 valence electrons. The van der Waals surface area contributed by atoms with Crippen molar-refractivity contribution in [1.82, 2.24) is 14.5 Å². The number of pyridine rings is 1. The van der Waals surface area contributed by atoms with Gasteiger partial charge in [0.2, 0.25) is 11.8 Å². The molecule has 1 saturated heterocycles. The lowest BCUT2D eigenvalue weighted by Gasteiger charge is -2.42. The Morgan fingerprint density at radius 3 is 2.67 bits per heavy atom. The summed E-state index contributed by atoms with van der Waals surface area (Å²) in [5, 5.41) is 9.26. The maximum atomic E-state index is 12.9. The molecule has 2 aliphatic rings. The fraction of sp³-hybridized carbons (Fsp3) is 0.346. The van der Waals surface area contributed by atoms with Crippen LogP contribution in [0.2, 0.25) is 0 Å². The van der Waals surface area contributed by atoms with Gasteiger partial charge in [-0.15, -0.1) is 0 Å². The second-order valence-electron chi connectivity index (χ2n) is 9.04. The molecule has 1 spiro atoms. The molecule has 1 aliphatic heterocycles. The summed E-state index contributed by atoms with van der Waals surface area (Å²) in [6, 6.07) is 11.9. The third-order valence-electron chi connectivity index (χ3n) is 7.10. The van der Waals surface area contributed by atoms with E-state index in [2.05, 4.69) is 51.0 Å². The van der Waals surface area contributed by atoms with Gasteiger partial charge in [-0.2, -0.15) is 0 Å². The van der Waals surface area contributed by atoms with Crippen LogP contribution >= 0.6 is 0 Å². The number of piperidine rings is 1. The van der Waals surface area contributed by atoms with Gasteiger partial charge in [0.05, 0.1) is 6.20 Å². The molecule has 0 amide bonds. The van der Waals surface area contributed by atoms with Crippen molar-refractivity contribution >= 4 is 5.95 Å². The second-order valence-corrected chi connectivity index (χ2v) is 9.04. The molecule has 1 aliphatic carbocycles. The van der Waals surface area contributed by atoms with E-state index in [1.54, 1.807) is 30.1 Å². The Morgan fingerprint density at radius 2 is 1.94 bits per heavy atom. The molecule has 3 aromatic rings. The third-order valence-corrected chi connectivity index (χ3v) is 7.10. The summed E-state index contributed by atoms with van der Waals surface area (Å²) in [7, 11) is 1.75. The van der Waals surface area contributed by atoms with E-state index >= 15 is 0 Å². The highest BCUT2D eigenvalue weighted by Gasteiger charge is 2.46. The van der Waals surface area contributed by atoms with Crippen molar-refractivity contribution in [1.29, 1.82) is 0 Å². The highest BCUT2D eigenvalue weighted by Crippen LogP contribution is 2.50. The highest BCUT2D eigenvalue weighted by molar-refractivity contribution is 5.42. The average Bonchev–Trinajstić information content (AvgIpc) is 3.10. The molecule has 33 heavy (non-hydrogen) atoms. The van der Waals surface area contributed by atoms with Crippen LogP contribution in [0.1, 0.15) is 41.1 Å². The third kappa shape index (κ3) is 3.87. The van der Waals surface area contributed by atoms with Crippen LogP contribution < -0.4 is 16.2 Å². The van der Waals surface area contributed by atoms with Gasteiger partial charge >= 0.3 is 0 Å². The molecule has 2 aromatic heterocycles. The average molecular weight is 442 g/mol. The Bertz CT molecular complexity index is 1290. The first kappa shape index (κ1) is 21.2. The molecule has 0 radical (unpaired) electrons. The van der Waals surface area contributed by atoms with Crippen molar-refractivity contribution in [3.63, 3.8) is 0 Å². The van der Waals surface area contributed by atoms with Gasteiger partial charge in [-0.3, -0.25) is 9.36 Å². The summed E-state index contributed by atoms with van der Waals surface area (Å²) in [6.45, 7) is 1.64. The minimum Gasteiger partial charge on any atom is -0.493 e. The molecular formula is C26H27N5O2. The number of hydrogen-bond donors (Lipinski definition) is 2. The number of hydrogen-bond acceptors (Lipinski definition) is 6. The van der Waals surface area contributed by atoms with Crippen LogP contribution in [0.4, 0.5) is 5.95 Å². The van der Waals surface area contributed by atoms with Crippen molar-refractivity contribution in [2.24, 2.45) is 18.2 Å². The number of nitrogens with zero attached hydrogens (tertiary/aromatic N) is 4. The molecule has 5 rings (SSSR count). The molecule has 0 saturated carbocycles. The summed E-state index contributed by atoms with van der Waals surface area (Å²) in [5.41, 5.74) is 10.5. The first-order chi connectivity index (χ1) is 16.0. The lowest BCUT2D eigenvalue weighted by Crippen LogP contribution is -2.46. The predicted octanol–water partition coefficient (Wildman–Crippen LogP) is 2.32. The maximum Gasteiger partial charge on any atom is 0.270 e. The normalized spacial score (nSPS) is 18.6. The summed E-state index contributed by atoms with van der Waals surface area (Å²) in [4.78, 5) is 23.5. The summed E-state index contributed by atoms with van der Waals surface area (Å²) in [6.07, 6.45) is 6.55. The topological polar surface area (TPSA) is 97.3 Å². The predicted molar refractivity (Wildman–Crippen MR) is 127 cm³/mol. The largest absolute Gasteiger partial charge is 0.493 e. The molecule has 3 heterocycles. The Hall–Kier alpha value is -3.63. The van der Waals surface area contributed by atoms with Crippen molar-refractivity contribution < 1.29 is 5.11 Å². The maximum absolute atomic E-state index is 12.9. The van der Waals surface area contributed by atoms with E-state index < -0.39 is 0 Å². The lowest BCUT2D eigenvalue weighted by atomic mass is 9.73. The molecular weight excluding hydrogens is 414 g/mol. The van der Waals surface area contributed by atoms with Crippen LogP contribution in [-0.2, 0) is 19.9 Å². The fourth-order valence-electron chi connectivity index (χ4n) is 5.14. The van der Waals surface area contributed by atoms with E-state index in [0.29, 0.717) is 17.9 Å². The van der Waals surface area contributed by atoms with Gasteiger partial charge in [-0.05, 0) is 41.4 Å². The monoisotopic (exact) mass is 441 g/mol. The van der Waals surface area contributed by atoms with E-state index in [9.17, 15) is 9.90 Å². The van der Waals surface area contributed by atoms with E-state index in [1.807, 2.05) is 0 Å². The molecule has 1 aromatic carbocycles. The van der Waals surface area contributed by atoms with Crippen LogP contribution in [0.15, 0.2) is 53.6 Å². The van der Waals surface area contributed by atoms with Gasteiger partial charge in [-0.25, -0.2) is 9.97 Å². The summed E-state index contributed by atoms with van der Waals surface area (Å²) < 4.78 is 1.59. The molecule has 0 unspecified atom stereocenters.